The number of nitrogens with one attached hydrogen (secondary N) is 1. The Labute approximate surface area is 144 Å². The molecule has 0 unspecified atom stereocenters. The number of hydrogen-bond donors (Lipinski definition) is 1. The lowest BCUT2D eigenvalue weighted by atomic mass is 9.89. The average Bonchev–Trinajstić information content (AvgIpc) is 3.22. The molecule has 0 spiro atoms. The van der Waals surface area contributed by atoms with Gasteiger partial charge in [-0.15, -0.1) is 21.5 Å². The minimum Gasteiger partial charge on any atom is -0.306 e. The number of carbonyl (C=O) groups is 1. The van der Waals surface area contributed by atoms with Crippen molar-refractivity contribution in [2.45, 2.75) is 56.6 Å². The van der Waals surface area contributed by atoms with Crippen molar-refractivity contribution in [3.63, 3.8) is 0 Å². The minimum absolute atomic E-state index is 0.0604. The predicted molar refractivity (Wildman–Crippen MR) is 93.0 cm³/mol. The largest absolute Gasteiger partial charge is 0.306 e. The highest BCUT2D eigenvalue weighted by Crippen LogP contribution is 2.33. The molecule has 1 N–H and O–H groups in total. The second-order valence-corrected chi connectivity index (χ2v) is 7.43. The molecule has 8 heteroatoms. The zero-order valence-corrected chi connectivity index (χ0v) is 14.8. The molecule has 1 fully saturated rings. The summed E-state index contributed by atoms with van der Waals surface area (Å²) in [6.45, 7) is 2.95. The molecule has 0 aliphatic heterocycles. The lowest BCUT2D eigenvalue weighted by Crippen LogP contribution is -2.15. The van der Waals surface area contributed by atoms with E-state index in [4.69, 9.17) is 0 Å². The predicted octanol–water partition coefficient (Wildman–Crippen LogP) is 3.53. The van der Waals surface area contributed by atoms with Gasteiger partial charge in [-0.1, -0.05) is 31.0 Å². The molecule has 0 saturated heterocycles. The molecule has 2 heterocycles. The van der Waals surface area contributed by atoms with Crippen molar-refractivity contribution in [3.8, 4) is 0 Å². The lowest BCUT2D eigenvalue weighted by molar-refractivity contribution is -0.113. The molecule has 2 aromatic heterocycles. The Morgan fingerprint density at radius 2 is 2.22 bits per heavy atom. The van der Waals surface area contributed by atoms with Gasteiger partial charge in [0.05, 0.1) is 5.75 Å². The van der Waals surface area contributed by atoms with E-state index in [0.29, 0.717) is 16.8 Å². The number of nitrogens with zero attached hydrogens (tertiary/aromatic N) is 4. The third-order valence-corrected chi connectivity index (χ3v) is 5.70. The zero-order valence-electron chi connectivity index (χ0n) is 13.2. The van der Waals surface area contributed by atoms with Crippen molar-refractivity contribution in [3.05, 3.63) is 17.4 Å². The van der Waals surface area contributed by atoms with E-state index in [1.165, 1.54) is 55.2 Å². The van der Waals surface area contributed by atoms with Crippen molar-refractivity contribution in [2.24, 2.45) is 0 Å². The molecule has 1 aliphatic carbocycles. The van der Waals surface area contributed by atoms with Gasteiger partial charge in [-0.2, -0.15) is 0 Å². The van der Waals surface area contributed by atoms with Gasteiger partial charge in [-0.25, -0.2) is 4.98 Å². The van der Waals surface area contributed by atoms with Crippen LogP contribution in [0.3, 0.4) is 0 Å². The summed E-state index contributed by atoms with van der Waals surface area (Å²) in [4.78, 5) is 16.0. The van der Waals surface area contributed by atoms with Gasteiger partial charge in [-0.05, 0) is 19.8 Å². The zero-order chi connectivity index (χ0) is 16.1. The van der Waals surface area contributed by atoms with E-state index in [1.807, 2.05) is 5.38 Å². The molecule has 3 rings (SSSR count). The quantitative estimate of drug-likeness (QED) is 0.806. The van der Waals surface area contributed by atoms with E-state index in [-0.39, 0.29) is 5.91 Å². The first-order valence-electron chi connectivity index (χ1n) is 8.03. The van der Waals surface area contributed by atoms with Crippen molar-refractivity contribution >= 4 is 34.1 Å². The van der Waals surface area contributed by atoms with E-state index in [1.54, 1.807) is 6.20 Å². The van der Waals surface area contributed by atoms with Crippen molar-refractivity contribution in [1.29, 1.82) is 0 Å². The summed E-state index contributed by atoms with van der Waals surface area (Å²) in [6, 6.07) is 0. The topological polar surface area (TPSA) is 72.7 Å². The van der Waals surface area contributed by atoms with Crippen molar-refractivity contribution in [1.82, 2.24) is 19.7 Å². The highest BCUT2D eigenvalue weighted by atomic mass is 32.2. The van der Waals surface area contributed by atoms with Gasteiger partial charge in [0, 0.05) is 24.0 Å². The fourth-order valence-corrected chi connectivity index (χ4v) is 4.29. The first kappa shape index (κ1) is 16.4. The van der Waals surface area contributed by atoms with Crippen LogP contribution < -0.4 is 5.32 Å². The van der Waals surface area contributed by atoms with E-state index in [9.17, 15) is 4.79 Å². The van der Waals surface area contributed by atoms with Crippen molar-refractivity contribution in [2.75, 3.05) is 11.1 Å². The first-order valence-corrected chi connectivity index (χ1v) is 9.89. The smallest absolute Gasteiger partial charge is 0.236 e. The van der Waals surface area contributed by atoms with Gasteiger partial charge in [0.1, 0.15) is 5.82 Å². The number of carbonyl (C=O) groups excluding carboxylic acids is 1. The summed E-state index contributed by atoms with van der Waals surface area (Å²) >= 11 is 2.86. The Hall–Kier alpha value is -1.41. The number of rotatable bonds is 6. The number of amides is 1. The molecule has 0 bridgehead atoms. The van der Waals surface area contributed by atoms with Crippen molar-refractivity contribution < 1.29 is 4.79 Å². The monoisotopic (exact) mass is 351 g/mol. The summed E-state index contributed by atoms with van der Waals surface area (Å²) in [6.07, 6.45) is 7.97. The molecule has 0 aromatic carbocycles. The number of hydrogen-bond acceptors (Lipinski definition) is 6. The summed E-state index contributed by atoms with van der Waals surface area (Å²) in [5.41, 5.74) is 0. The van der Waals surface area contributed by atoms with E-state index in [2.05, 4.69) is 32.0 Å². The molecule has 124 valence electrons. The standard InChI is InChI=1S/C15H21N5OS2/c1-2-20-13(11-6-4-3-5-7-11)18-19-15(20)23-10-12(21)17-14-16-8-9-22-14/h8-9,11H,2-7,10H2,1H3,(H,16,17,21). The second kappa shape index (κ2) is 7.92. The fourth-order valence-electron chi connectivity index (χ4n) is 2.94. The molecule has 1 aliphatic rings. The molecule has 2 aromatic rings. The summed E-state index contributed by atoms with van der Waals surface area (Å²) in [5, 5.41) is 14.8. The molecular formula is C15H21N5OS2. The molecule has 1 saturated carbocycles. The number of aromatic nitrogens is 4. The molecular weight excluding hydrogens is 330 g/mol. The maximum atomic E-state index is 12.0. The maximum absolute atomic E-state index is 12.0. The SMILES string of the molecule is CCn1c(SCC(=O)Nc2nccs2)nnc1C1CCCCC1. The van der Waals surface area contributed by atoms with Gasteiger partial charge in [-0.3, -0.25) is 4.79 Å². The molecule has 6 nitrogen and oxygen atoms in total. The highest BCUT2D eigenvalue weighted by Gasteiger charge is 2.23. The Kier molecular flexibility index (Phi) is 5.66. The van der Waals surface area contributed by atoms with E-state index in [0.717, 1.165) is 17.5 Å². The number of thiazole rings is 1. The summed E-state index contributed by atoms with van der Waals surface area (Å²) < 4.78 is 2.16. The van der Waals surface area contributed by atoms with Crippen LogP contribution in [-0.4, -0.2) is 31.4 Å². The third-order valence-electron chi connectivity index (χ3n) is 4.04. The normalized spacial score (nSPS) is 15.7. The van der Waals surface area contributed by atoms with E-state index >= 15 is 0 Å². The van der Waals surface area contributed by atoms with Crippen LogP contribution in [0.2, 0.25) is 0 Å². The Morgan fingerprint density at radius 1 is 1.39 bits per heavy atom. The van der Waals surface area contributed by atoms with Gasteiger partial charge in [0.2, 0.25) is 5.91 Å². The minimum atomic E-state index is -0.0604. The van der Waals surface area contributed by atoms with Crippen LogP contribution in [0.5, 0.6) is 0 Å². The number of thioether (sulfide) groups is 1. The molecule has 0 radical (unpaired) electrons. The molecule has 0 atom stereocenters. The van der Waals surface area contributed by atoms with E-state index < -0.39 is 0 Å². The Bertz CT molecular complexity index is 634. The highest BCUT2D eigenvalue weighted by molar-refractivity contribution is 7.99. The summed E-state index contributed by atoms with van der Waals surface area (Å²) in [7, 11) is 0. The lowest BCUT2D eigenvalue weighted by Gasteiger charge is -2.21. The van der Waals surface area contributed by atoms with Crippen LogP contribution in [0.15, 0.2) is 16.7 Å². The second-order valence-electron chi connectivity index (χ2n) is 5.59. The Morgan fingerprint density at radius 3 is 2.91 bits per heavy atom. The van der Waals surface area contributed by atoms with Crippen LogP contribution >= 0.6 is 23.1 Å². The molecule has 23 heavy (non-hydrogen) atoms. The van der Waals surface area contributed by atoms with Crippen LogP contribution in [-0.2, 0) is 11.3 Å². The fraction of sp³-hybridized carbons (Fsp3) is 0.600. The van der Waals surface area contributed by atoms with Crippen LogP contribution in [0, 0.1) is 0 Å². The summed E-state index contributed by atoms with van der Waals surface area (Å²) in [5.74, 6) is 1.88. The van der Waals surface area contributed by atoms with Crippen LogP contribution in [0.1, 0.15) is 50.8 Å². The Balaban J connectivity index is 1.61. The average molecular weight is 352 g/mol. The van der Waals surface area contributed by atoms with Gasteiger partial charge >= 0.3 is 0 Å². The van der Waals surface area contributed by atoms with Gasteiger partial charge < -0.3 is 9.88 Å². The number of anilines is 1. The van der Waals surface area contributed by atoms with Gasteiger partial charge in [0.25, 0.3) is 0 Å². The maximum Gasteiger partial charge on any atom is 0.236 e. The van der Waals surface area contributed by atoms with Crippen LogP contribution in [0.25, 0.3) is 0 Å². The van der Waals surface area contributed by atoms with Crippen LogP contribution in [0.4, 0.5) is 5.13 Å². The first-order chi connectivity index (χ1) is 11.3. The third kappa shape index (κ3) is 4.11. The molecule has 1 amide bonds. The van der Waals surface area contributed by atoms with Gasteiger partial charge in [0.15, 0.2) is 10.3 Å².